The van der Waals surface area contributed by atoms with Crippen LogP contribution in [0.25, 0.3) is 10.9 Å². The molecule has 31 heavy (non-hydrogen) atoms. The van der Waals surface area contributed by atoms with Crippen LogP contribution in [0.5, 0.6) is 0 Å². The van der Waals surface area contributed by atoms with Gasteiger partial charge in [-0.2, -0.15) is 0 Å². The second-order valence-corrected chi connectivity index (χ2v) is 8.96. The van der Waals surface area contributed by atoms with Crippen LogP contribution in [0.15, 0.2) is 24.3 Å². The van der Waals surface area contributed by atoms with E-state index < -0.39 is 5.97 Å². The smallest absolute Gasteiger partial charge is 0.339 e. The van der Waals surface area contributed by atoms with Gasteiger partial charge in [0.25, 0.3) is 5.91 Å². The number of likely N-dealkylation sites (tertiary alicyclic amines) is 1. The summed E-state index contributed by atoms with van der Waals surface area (Å²) in [7, 11) is 0. The molecule has 1 fully saturated rings. The van der Waals surface area contributed by atoms with Crippen LogP contribution in [-0.2, 0) is 22.5 Å². The molecule has 6 nitrogen and oxygen atoms in total. The fourth-order valence-corrected chi connectivity index (χ4v) is 5.17. The molecule has 0 N–H and O–H groups in total. The summed E-state index contributed by atoms with van der Waals surface area (Å²) in [6, 6.07) is 8.09. The molecule has 3 heterocycles. The maximum atomic E-state index is 13.3. The Bertz CT molecular complexity index is 964. The number of hydrogen-bond acceptors (Lipinski definition) is 5. The molecule has 0 radical (unpaired) electrons. The normalized spacial score (nSPS) is 21.7. The predicted molar refractivity (Wildman–Crippen MR) is 121 cm³/mol. The van der Waals surface area contributed by atoms with Crippen LogP contribution in [0, 0.1) is 0 Å². The van der Waals surface area contributed by atoms with Gasteiger partial charge in [0.2, 0.25) is 0 Å². The number of carbonyl (C=O) groups excluding carboxylic acids is 2. The Hall–Kier alpha value is -2.47. The van der Waals surface area contributed by atoms with Crippen LogP contribution in [-0.4, -0.2) is 58.4 Å². The second kappa shape index (κ2) is 9.35. The number of hydrogen-bond donors (Lipinski definition) is 0. The number of carbonyl (C=O) groups is 2. The molecule has 1 amide bonds. The van der Waals surface area contributed by atoms with Crippen molar-refractivity contribution >= 4 is 22.8 Å². The molecule has 0 aliphatic carbocycles. The number of benzene rings is 1. The average molecular weight is 424 g/mol. The Morgan fingerprint density at radius 2 is 1.90 bits per heavy atom. The van der Waals surface area contributed by atoms with Gasteiger partial charge in [-0.25, -0.2) is 4.79 Å². The van der Waals surface area contributed by atoms with E-state index >= 15 is 0 Å². The van der Waals surface area contributed by atoms with Crippen molar-refractivity contribution in [3.05, 3.63) is 41.1 Å². The summed E-state index contributed by atoms with van der Waals surface area (Å²) < 4.78 is 5.63. The molecule has 4 rings (SSSR count). The monoisotopic (exact) mass is 423 g/mol. The summed E-state index contributed by atoms with van der Waals surface area (Å²) in [5.41, 5.74) is 3.31. The SMILES string of the molecule is CCCN1CCc2nc3ccccc3c(C(=O)OCC(=O)N3[C@@H](C)CCC[C@@H]3C)c2C1. The van der Waals surface area contributed by atoms with E-state index in [0.717, 1.165) is 67.4 Å². The minimum Gasteiger partial charge on any atom is -0.452 e. The summed E-state index contributed by atoms with van der Waals surface area (Å²) in [5, 5.41) is 0.803. The first kappa shape index (κ1) is 21.8. The van der Waals surface area contributed by atoms with E-state index in [4.69, 9.17) is 9.72 Å². The Balaban J connectivity index is 1.60. The molecule has 1 saturated heterocycles. The number of esters is 1. The largest absolute Gasteiger partial charge is 0.452 e. The topological polar surface area (TPSA) is 62.7 Å². The number of aromatic nitrogens is 1. The van der Waals surface area contributed by atoms with Crippen LogP contribution in [0.3, 0.4) is 0 Å². The van der Waals surface area contributed by atoms with E-state index in [1.54, 1.807) is 0 Å². The second-order valence-electron chi connectivity index (χ2n) is 8.96. The van der Waals surface area contributed by atoms with Crippen LogP contribution < -0.4 is 0 Å². The highest BCUT2D eigenvalue weighted by atomic mass is 16.5. The molecular formula is C25H33N3O3. The number of fused-ring (bicyclic) bond motifs is 2. The minimum absolute atomic E-state index is 0.104. The van der Waals surface area contributed by atoms with Gasteiger partial charge in [0.05, 0.1) is 11.1 Å². The third-order valence-electron chi connectivity index (χ3n) is 6.68. The van der Waals surface area contributed by atoms with Crippen molar-refractivity contribution in [2.24, 2.45) is 0 Å². The lowest BCUT2D eigenvalue weighted by Crippen LogP contribution is -2.49. The van der Waals surface area contributed by atoms with Gasteiger partial charge in [-0.15, -0.1) is 0 Å². The van der Waals surface area contributed by atoms with Crippen molar-refractivity contribution in [1.82, 2.24) is 14.8 Å². The van der Waals surface area contributed by atoms with Crippen molar-refractivity contribution in [2.75, 3.05) is 19.7 Å². The molecule has 2 aliphatic heterocycles. The van der Waals surface area contributed by atoms with E-state index in [9.17, 15) is 9.59 Å². The van der Waals surface area contributed by atoms with Crippen LogP contribution >= 0.6 is 0 Å². The minimum atomic E-state index is -0.418. The van der Waals surface area contributed by atoms with Crippen LogP contribution in [0.4, 0.5) is 0 Å². The summed E-state index contributed by atoms with van der Waals surface area (Å²) in [4.78, 5) is 35.3. The van der Waals surface area contributed by atoms with Crippen molar-refractivity contribution in [3.63, 3.8) is 0 Å². The summed E-state index contributed by atoms with van der Waals surface area (Å²) >= 11 is 0. The zero-order valence-electron chi connectivity index (χ0n) is 18.9. The van der Waals surface area contributed by atoms with Gasteiger partial charge < -0.3 is 9.64 Å². The van der Waals surface area contributed by atoms with E-state index in [-0.39, 0.29) is 24.6 Å². The Labute approximate surface area is 184 Å². The molecule has 0 unspecified atom stereocenters. The van der Waals surface area contributed by atoms with Crippen molar-refractivity contribution in [1.29, 1.82) is 0 Å². The lowest BCUT2D eigenvalue weighted by Gasteiger charge is -2.38. The van der Waals surface area contributed by atoms with Gasteiger partial charge >= 0.3 is 5.97 Å². The zero-order valence-corrected chi connectivity index (χ0v) is 18.9. The first-order valence-electron chi connectivity index (χ1n) is 11.6. The van der Waals surface area contributed by atoms with Crippen molar-refractivity contribution in [2.45, 2.75) is 71.5 Å². The molecular weight excluding hydrogens is 390 g/mol. The molecule has 6 heteroatoms. The first-order chi connectivity index (χ1) is 15.0. The summed E-state index contributed by atoms with van der Waals surface area (Å²) in [6.07, 6.45) is 5.02. The molecule has 1 aromatic heterocycles. The number of para-hydroxylation sites is 1. The van der Waals surface area contributed by atoms with Gasteiger partial charge in [-0.1, -0.05) is 25.1 Å². The van der Waals surface area contributed by atoms with Gasteiger partial charge in [0.1, 0.15) is 0 Å². The molecule has 166 valence electrons. The van der Waals surface area contributed by atoms with Gasteiger partial charge in [0.15, 0.2) is 6.61 Å². The van der Waals surface area contributed by atoms with Crippen LogP contribution in [0.2, 0.25) is 0 Å². The zero-order chi connectivity index (χ0) is 22.0. The van der Waals surface area contributed by atoms with Crippen molar-refractivity contribution < 1.29 is 14.3 Å². The highest BCUT2D eigenvalue weighted by molar-refractivity contribution is 6.05. The highest BCUT2D eigenvalue weighted by Crippen LogP contribution is 2.29. The average Bonchev–Trinajstić information content (AvgIpc) is 2.76. The molecule has 1 aromatic carbocycles. The molecule has 0 spiro atoms. The Morgan fingerprint density at radius 3 is 2.65 bits per heavy atom. The van der Waals surface area contributed by atoms with Gasteiger partial charge in [0, 0.05) is 48.2 Å². The maximum Gasteiger partial charge on any atom is 0.339 e. The number of ether oxygens (including phenoxy) is 1. The first-order valence-corrected chi connectivity index (χ1v) is 11.6. The molecule has 0 saturated carbocycles. The fourth-order valence-electron chi connectivity index (χ4n) is 5.17. The Morgan fingerprint density at radius 1 is 1.16 bits per heavy atom. The molecule has 2 aliphatic rings. The van der Waals surface area contributed by atoms with E-state index in [0.29, 0.717) is 12.1 Å². The fraction of sp³-hybridized carbons (Fsp3) is 0.560. The van der Waals surface area contributed by atoms with E-state index in [2.05, 4.69) is 25.7 Å². The standard InChI is InChI=1S/C25H33N3O3/c1-4-13-27-14-12-22-20(15-27)24(19-10-5-6-11-21(19)26-22)25(30)31-16-23(29)28-17(2)8-7-9-18(28)3/h5-6,10-11,17-18H,4,7-9,12-16H2,1-3H3/t17-,18-/m0/s1. The number of rotatable bonds is 5. The maximum absolute atomic E-state index is 13.3. The third-order valence-corrected chi connectivity index (χ3v) is 6.68. The summed E-state index contributed by atoms with van der Waals surface area (Å²) in [6.45, 7) is 8.73. The quantitative estimate of drug-likeness (QED) is 0.682. The summed E-state index contributed by atoms with van der Waals surface area (Å²) in [5.74, 6) is -0.522. The number of amides is 1. The van der Waals surface area contributed by atoms with Crippen molar-refractivity contribution in [3.8, 4) is 0 Å². The highest BCUT2D eigenvalue weighted by Gasteiger charge is 2.31. The molecule has 2 atom stereocenters. The van der Waals surface area contributed by atoms with E-state index in [1.165, 1.54) is 0 Å². The third kappa shape index (κ3) is 4.45. The number of pyridine rings is 1. The lowest BCUT2D eigenvalue weighted by atomic mass is 9.95. The Kier molecular flexibility index (Phi) is 6.56. The predicted octanol–water partition coefficient (Wildman–Crippen LogP) is 3.95. The number of nitrogens with zero attached hydrogens (tertiary/aromatic N) is 3. The lowest BCUT2D eigenvalue weighted by molar-refractivity contribution is -0.140. The van der Waals surface area contributed by atoms with Crippen LogP contribution in [0.1, 0.15) is 68.1 Å². The van der Waals surface area contributed by atoms with Gasteiger partial charge in [-0.05, 0) is 52.1 Å². The number of piperidine rings is 1. The molecule has 2 aromatic rings. The van der Waals surface area contributed by atoms with E-state index in [1.807, 2.05) is 29.2 Å². The molecule has 0 bridgehead atoms. The van der Waals surface area contributed by atoms with Gasteiger partial charge in [-0.3, -0.25) is 14.7 Å².